The van der Waals surface area contributed by atoms with E-state index in [-0.39, 0.29) is 12.1 Å². The van der Waals surface area contributed by atoms with Crippen LogP contribution < -0.4 is 5.32 Å². The first kappa shape index (κ1) is 18.6. The number of Topliss-reactive ketones (excluding diaryl/α,β-unsaturated/α-hetero) is 1. The molecule has 0 radical (unpaired) electrons. The minimum Gasteiger partial charge on any atom is -0.385 e. The molecule has 1 amide bonds. The van der Waals surface area contributed by atoms with Crippen LogP contribution in [-0.4, -0.2) is 32.0 Å². The lowest BCUT2D eigenvalue weighted by molar-refractivity contribution is -0.137. The average molecular weight is 328 g/mol. The lowest BCUT2D eigenvalue weighted by atomic mass is 9.97. The smallest absolute Gasteiger partial charge is 0.385 e. The molecular formula is C15H15F3N2O3. The molecule has 0 aliphatic heterocycles. The van der Waals surface area contributed by atoms with Crippen molar-refractivity contribution in [1.82, 2.24) is 5.32 Å². The van der Waals surface area contributed by atoms with E-state index in [1.165, 1.54) is 7.11 Å². The number of nitriles is 1. The summed E-state index contributed by atoms with van der Waals surface area (Å²) in [7, 11) is 1.49. The number of amides is 1. The first-order chi connectivity index (χ1) is 10.8. The molecule has 23 heavy (non-hydrogen) atoms. The van der Waals surface area contributed by atoms with E-state index in [0.717, 1.165) is 24.3 Å². The lowest BCUT2D eigenvalue weighted by Crippen LogP contribution is -2.35. The molecule has 1 aromatic carbocycles. The van der Waals surface area contributed by atoms with Gasteiger partial charge in [0.1, 0.15) is 0 Å². The van der Waals surface area contributed by atoms with Crippen LogP contribution in [0.15, 0.2) is 24.3 Å². The SMILES string of the molecule is COCCCNC(=O)[C@@H](C#N)C(=O)c1ccc(C(F)(F)F)cc1. The first-order valence-corrected chi connectivity index (χ1v) is 6.69. The summed E-state index contributed by atoms with van der Waals surface area (Å²) in [5, 5.41) is 11.4. The lowest BCUT2D eigenvalue weighted by Gasteiger charge is -2.11. The fraction of sp³-hybridized carbons (Fsp3) is 0.400. The van der Waals surface area contributed by atoms with Crippen LogP contribution in [-0.2, 0) is 15.7 Å². The molecule has 0 unspecified atom stereocenters. The Morgan fingerprint density at radius 2 is 1.91 bits per heavy atom. The Labute approximate surface area is 131 Å². The third-order valence-electron chi connectivity index (χ3n) is 2.97. The molecule has 1 rings (SSSR count). The zero-order valence-electron chi connectivity index (χ0n) is 12.3. The highest BCUT2D eigenvalue weighted by Gasteiger charge is 2.31. The molecule has 5 nitrogen and oxygen atoms in total. The fourth-order valence-electron chi connectivity index (χ4n) is 1.76. The Hall–Kier alpha value is -2.40. The second-order valence-electron chi connectivity index (χ2n) is 4.64. The molecule has 0 aromatic heterocycles. The standard InChI is InChI=1S/C15H15F3N2O3/c1-23-8-2-7-20-14(22)12(9-19)13(21)10-3-5-11(6-4-10)15(16,17)18/h3-6,12H,2,7-8H2,1H3,(H,20,22)/t12-/m0/s1. The van der Waals surface area contributed by atoms with Crippen molar-refractivity contribution in [3.63, 3.8) is 0 Å². The van der Waals surface area contributed by atoms with Crippen molar-refractivity contribution in [3.05, 3.63) is 35.4 Å². The average Bonchev–Trinajstić information content (AvgIpc) is 2.51. The van der Waals surface area contributed by atoms with Crippen LogP contribution in [0.5, 0.6) is 0 Å². The van der Waals surface area contributed by atoms with Gasteiger partial charge in [0, 0.05) is 25.8 Å². The Morgan fingerprint density at radius 1 is 1.30 bits per heavy atom. The summed E-state index contributed by atoms with van der Waals surface area (Å²) in [4.78, 5) is 23.9. The van der Waals surface area contributed by atoms with Gasteiger partial charge in [0.05, 0.1) is 11.6 Å². The number of hydrogen-bond donors (Lipinski definition) is 1. The second kappa shape index (κ2) is 8.29. The summed E-state index contributed by atoms with van der Waals surface area (Å²) < 4.78 is 42.2. The monoisotopic (exact) mass is 328 g/mol. The molecule has 0 fully saturated rings. The van der Waals surface area contributed by atoms with E-state index < -0.39 is 29.3 Å². The number of carbonyl (C=O) groups excluding carboxylic acids is 2. The molecule has 8 heteroatoms. The van der Waals surface area contributed by atoms with E-state index in [9.17, 15) is 22.8 Å². The summed E-state index contributed by atoms with van der Waals surface area (Å²) in [6.45, 7) is 0.634. The van der Waals surface area contributed by atoms with Gasteiger partial charge in [0.25, 0.3) is 0 Å². The molecule has 1 aromatic rings. The number of ether oxygens (including phenoxy) is 1. The highest BCUT2D eigenvalue weighted by molar-refractivity contribution is 6.12. The number of halogens is 3. The van der Waals surface area contributed by atoms with Crippen LogP contribution in [0.3, 0.4) is 0 Å². The van der Waals surface area contributed by atoms with E-state index in [4.69, 9.17) is 10.00 Å². The van der Waals surface area contributed by atoms with E-state index in [1.54, 1.807) is 6.07 Å². The number of nitrogens with zero attached hydrogens (tertiary/aromatic N) is 1. The third kappa shape index (κ3) is 5.38. The van der Waals surface area contributed by atoms with Gasteiger partial charge in [0.15, 0.2) is 11.7 Å². The third-order valence-corrected chi connectivity index (χ3v) is 2.97. The Balaban J connectivity index is 2.77. The predicted molar refractivity (Wildman–Crippen MR) is 74.4 cm³/mol. The summed E-state index contributed by atoms with van der Waals surface area (Å²) in [5.41, 5.74) is -1.04. The van der Waals surface area contributed by atoms with E-state index in [1.807, 2.05) is 0 Å². The van der Waals surface area contributed by atoms with Crippen LogP contribution in [0.25, 0.3) is 0 Å². The van der Waals surface area contributed by atoms with Crippen LogP contribution in [0.4, 0.5) is 13.2 Å². The van der Waals surface area contributed by atoms with Crippen molar-refractivity contribution in [2.45, 2.75) is 12.6 Å². The Kier molecular flexibility index (Phi) is 6.72. The molecule has 0 saturated carbocycles. The van der Waals surface area contributed by atoms with Gasteiger partial charge in [0.2, 0.25) is 5.91 Å². The molecule has 0 aliphatic carbocycles. The highest BCUT2D eigenvalue weighted by atomic mass is 19.4. The highest BCUT2D eigenvalue weighted by Crippen LogP contribution is 2.29. The zero-order valence-corrected chi connectivity index (χ0v) is 12.3. The van der Waals surface area contributed by atoms with Crippen molar-refractivity contribution in [1.29, 1.82) is 5.26 Å². The van der Waals surface area contributed by atoms with E-state index in [0.29, 0.717) is 13.0 Å². The van der Waals surface area contributed by atoms with Gasteiger partial charge >= 0.3 is 6.18 Å². The van der Waals surface area contributed by atoms with Crippen molar-refractivity contribution in [3.8, 4) is 6.07 Å². The minimum absolute atomic E-state index is 0.128. The molecule has 0 saturated heterocycles. The Morgan fingerprint density at radius 3 is 2.39 bits per heavy atom. The quantitative estimate of drug-likeness (QED) is 0.473. The zero-order chi connectivity index (χ0) is 17.5. The molecule has 1 atom stereocenters. The molecular weight excluding hydrogens is 313 g/mol. The summed E-state index contributed by atoms with van der Waals surface area (Å²) in [6, 6.07) is 4.94. The van der Waals surface area contributed by atoms with Crippen LogP contribution >= 0.6 is 0 Å². The maximum absolute atomic E-state index is 12.5. The van der Waals surface area contributed by atoms with Gasteiger partial charge in [-0.05, 0) is 18.6 Å². The second-order valence-corrected chi connectivity index (χ2v) is 4.64. The Bertz CT molecular complexity index is 591. The molecule has 0 aliphatic rings. The van der Waals surface area contributed by atoms with Crippen molar-refractivity contribution >= 4 is 11.7 Å². The van der Waals surface area contributed by atoms with Gasteiger partial charge in [-0.3, -0.25) is 9.59 Å². The molecule has 0 spiro atoms. The largest absolute Gasteiger partial charge is 0.416 e. The van der Waals surface area contributed by atoms with Crippen LogP contribution in [0.1, 0.15) is 22.3 Å². The van der Waals surface area contributed by atoms with Crippen molar-refractivity contribution in [2.75, 3.05) is 20.3 Å². The number of rotatable bonds is 7. The number of methoxy groups -OCH3 is 1. The number of nitrogens with one attached hydrogen (secondary N) is 1. The van der Waals surface area contributed by atoms with Gasteiger partial charge in [-0.2, -0.15) is 18.4 Å². The number of carbonyl (C=O) groups is 2. The summed E-state index contributed by atoms with van der Waals surface area (Å²) >= 11 is 0. The summed E-state index contributed by atoms with van der Waals surface area (Å²) in [5.74, 6) is -3.23. The number of benzene rings is 1. The van der Waals surface area contributed by atoms with E-state index in [2.05, 4.69) is 5.32 Å². The van der Waals surface area contributed by atoms with Crippen molar-refractivity contribution < 1.29 is 27.5 Å². The molecule has 124 valence electrons. The normalized spacial score (nSPS) is 12.3. The molecule has 1 N–H and O–H groups in total. The topological polar surface area (TPSA) is 79.2 Å². The summed E-state index contributed by atoms with van der Waals surface area (Å²) in [6.07, 6.45) is -4.01. The van der Waals surface area contributed by atoms with Gasteiger partial charge in [-0.15, -0.1) is 0 Å². The van der Waals surface area contributed by atoms with Crippen LogP contribution in [0.2, 0.25) is 0 Å². The minimum atomic E-state index is -4.52. The van der Waals surface area contributed by atoms with Gasteiger partial charge in [-0.1, -0.05) is 12.1 Å². The number of alkyl halides is 3. The maximum Gasteiger partial charge on any atom is 0.416 e. The molecule has 0 heterocycles. The molecule has 0 bridgehead atoms. The predicted octanol–water partition coefficient (Wildman–Crippen LogP) is 2.18. The fourth-order valence-corrected chi connectivity index (χ4v) is 1.76. The van der Waals surface area contributed by atoms with E-state index >= 15 is 0 Å². The van der Waals surface area contributed by atoms with Gasteiger partial charge in [-0.25, -0.2) is 0 Å². The van der Waals surface area contributed by atoms with Gasteiger partial charge < -0.3 is 10.1 Å². The number of ketones is 1. The first-order valence-electron chi connectivity index (χ1n) is 6.69. The maximum atomic E-state index is 12.5. The number of hydrogen-bond acceptors (Lipinski definition) is 4. The van der Waals surface area contributed by atoms with Crippen molar-refractivity contribution in [2.24, 2.45) is 5.92 Å². The van der Waals surface area contributed by atoms with Crippen LogP contribution in [0, 0.1) is 17.2 Å².